The maximum absolute atomic E-state index is 5.43. The zero-order valence-corrected chi connectivity index (χ0v) is 14.0. The van der Waals surface area contributed by atoms with Crippen LogP contribution in [-0.4, -0.2) is 37.7 Å². The molecule has 4 heteroatoms. The van der Waals surface area contributed by atoms with E-state index in [-0.39, 0.29) is 0 Å². The van der Waals surface area contributed by atoms with Gasteiger partial charge in [0, 0.05) is 35.7 Å². The Labute approximate surface area is 125 Å². The predicted molar refractivity (Wildman–Crippen MR) is 84.8 cm³/mol. The highest BCUT2D eigenvalue weighted by atomic mass is 79.9. The minimum absolute atomic E-state index is 0.541. The Balaban J connectivity index is 2.61. The average Bonchev–Trinajstić information content (AvgIpc) is 2.37. The average molecular weight is 329 g/mol. The molecule has 1 aromatic rings. The summed E-state index contributed by atoms with van der Waals surface area (Å²) in [5.74, 6) is 0.957. The van der Waals surface area contributed by atoms with Gasteiger partial charge in [-0.1, -0.05) is 36.7 Å². The molecule has 0 radical (unpaired) electrons. The molecule has 0 fully saturated rings. The molecule has 1 aromatic carbocycles. The van der Waals surface area contributed by atoms with E-state index >= 15 is 0 Å². The van der Waals surface area contributed by atoms with Crippen molar-refractivity contribution in [1.29, 1.82) is 0 Å². The third-order valence-corrected chi connectivity index (χ3v) is 3.56. The van der Waals surface area contributed by atoms with Crippen molar-refractivity contribution in [2.75, 3.05) is 26.7 Å². The molecule has 0 heterocycles. The molecule has 3 nitrogen and oxygen atoms in total. The summed E-state index contributed by atoms with van der Waals surface area (Å²) < 4.78 is 6.52. The van der Waals surface area contributed by atoms with Gasteiger partial charge in [-0.15, -0.1) is 0 Å². The summed E-state index contributed by atoms with van der Waals surface area (Å²) in [5.41, 5.74) is 1.23. The summed E-state index contributed by atoms with van der Waals surface area (Å²) in [4.78, 5) is 2.42. The lowest BCUT2D eigenvalue weighted by Gasteiger charge is -2.22. The lowest BCUT2D eigenvalue weighted by molar-refractivity contribution is 0.271. The van der Waals surface area contributed by atoms with Gasteiger partial charge in [0.2, 0.25) is 0 Å². The summed E-state index contributed by atoms with van der Waals surface area (Å²) in [6.45, 7) is 10.6. The van der Waals surface area contributed by atoms with Crippen LogP contribution in [0.2, 0.25) is 0 Å². The third kappa shape index (κ3) is 5.93. The van der Waals surface area contributed by atoms with E-state index in [0.717, 1.165) is 36.4 Å². The Morgan fingerprint density at radius 2 is 2.11 bits per heavy atom. The summed E-state index contributed by atoms with van der Waals surface area (Å²) in [6.07, 6.45) is 0. The molecule has 0 bridgehead atoms. The smallest absolute Gasteiger partial charge is 0.123 e. The zero-order chi connectivity index (χ0) is 14.3. The van der Waals surface area contributed by atoms with Gasteiger partial charge in [0.05, 0.1) is 7.11 Å². The van der Waals surface area contributed by atoms with Gasteiger partial charge >= 0.3 is 0 Å². The van der Waals surface area contributed by atoms with Gasteiger partial charge in [0.1, 0.15) is 5.75 Å². The van der Waals surface area contributed by atoms with E-state index in [1.165, 1.54) is 5.56 Å². The highest BCUT2D eigenvalue weighted by molar-refractivity contribution is 9.10. The van der Waals surface area contributed by atoms with Gasteiger partial charge in [-0.3, -0.25) is 4.90 Å². The summed E-state index contributed by atoms with van der Waals surface area (Å²) in [6, 6.07) is 6.70. The Hall–Kier alpha value is -0.580. The van der Waals surface area contributed by atoms with Crippen LogP contribution in [0.5, 0.6) is 5.75 Å². The predicted octanol–water partition coefficient (Wildman–Crippen LogP) is 3.28. The van der Waals surface area contributed by atoms with Gasteiger partial charge in [0.15, 0.2) is 0 Å². The number of hydrogen-bond acceptors (Lipinski definition) is 3. The maximum atomic E-state index is 5.43. The molecule has 108 valence electrons. The Bertz CT molecular complexity index is 382. The van der Waals surface area contributed by atoms with E-state index in [0.29, 0.717) is 6.04 Å². The van der Waals surface area contributed by atoms with Crippen molar-refractivity contribution in [2.45, 2.75) is 33.4 Å². The molecule has 0 amide bonds. The number of hydrogen-bond donors (Lipinski definition) is 1. The minimum atomic E-state index is 0.541. The van der Waals surface area contributed by atoms with Crippen LogP contribution in [0, 0.1) is 0 Å². The minimum Gasteiger partial charge on any atom is -0.496 e. The van der Waals surface area contributed by atoms with E-state index in [4.69, 9.17) is 4.74 Å². The van der Waals surface area contributed by atoms with Crippen LogP contribution in [-0.2, 0) is 6.54 Å². The number of ether oxygens (including phenoxy) is 1. The number of likely N-dealkylation sites (N-methyl/N-ethyl adjacent to an activating group) is 1. The maximum Gasteiger partial charge on any atom is 0.123 e. The topological polar surface area (TPSA) is 24.5 Å². The number of halogens is 1. The number of nitrogens with zero attached hydrogens (tertiary/aromatic N) is 1. The number of methoxy groups -OCH3 is 1. The standard InChI is InChI=1S/C15H25BrN2O/c1-5-18(9-8-17-12(2)3)11-13-10-14(16)6-7-15(13)19-4/h6-7,10,12,17H,5,8-9,11H2,1-4H3. The second-order valence-corrected chi connectivity index (χ2v) is 5.85. The van der Waals surface area contributed by atoms with Gasteiger partial charge in [0.25, 0.3) is 0 Å². The third-order valence-electron chi connectivity index (χ3n) is 3.06. The van der Waals surface area contributed by atoms with E-state index in [2.05, 4.69) is 53.0 Å². The monoisotopic (exact) mass is 328 g/mol. The molecule has 0 aromatic heterocycles. The van der Waals surface area contributed by atoms with Crippen molar-refractivity contribution in [2.24, 2.45) is 0 Å². The molecular weight excluding hydrogens is 304 g/mol. The first kappa shape index (κ1) is 16.5. The molecule has 0 saturated carbocycles. The molecule has 0 saturated heterocycles. The van der Waals surface area contributed by atoms with Crippen LogP contribution in [0.25, 0.3) is 0 Å². The molecule has 0 aliphatic rings. The van der Waals surface area contributed by atoms with Crippen molar-refractivity contribution < 1.29 is 4.74 Å². The fraction of sp³-hybridized carbons (Fsp3) is 0.600. The van der Waals surface area contributed by atoms with Crippen molar-refractivity contribution in [3.05, 3.63) is 28.2 Å². The first-order valence-corrected chi connectivity index (χ1v) is 7.64. The largest absolute Gasteiger partial charge is 0.496 e. The molecule has 0 atom stereocenters. The van der Waals surface area contributed by atoms with E-state index in [9.17, 15) is 0 Å². The molecule has 0 aliphatic carbocycles. The number of nitrogens with one attached hydrogen (secondary N) is 1. The van der Waals surface area contributed by atoms with Crippen LogP contribution >= 0.6 is 15.9 Å². The van der Waals surface area contributed by atoms with Crippen LogP contribution in [0.1, 0.15) is 26.3 Å². The lowest BCUT2D eigenvalue weighted by Crippen LogP contribution is -2.34. The molecule has 0 unspecified atom stereocenters. The quantitative estimate of drug-likeness (QED) is 0.792. The fourth-order valence-corrected chi connectivity index (χ4v) is 2.38. The molecule has 1 rings (SSSR count). The first-order valence-electron chi connectivity index (χ1n) is 6.85. The summed E-state index contributed by atoms with van der Waals surface area (Å²) >= 11 is 3.52. The molecule has 19 heavy (non-hydrogen) atoms. The van der Waals surface area contributed by atoms with Crippen LogP contribution < -0.4 is 10.1 Å². The second-order valence-electron chi connectivity index (χ2n) is 4.93. The molecular formula is C15H25BrN2O. The number of rotatable bonds is 8. The van der Waals surface area contributed by atoms with Crippen molar-refractivity contribution in [1.82, 2.24) is 10.2 Å². The van der Waals surface area contributed by atoms with Gasteiger partial charge in [-0.05, 0) is 24.7 Å². The van der Waals surface area contributed by atoms with Crippen molar-refractivity contribution in [3.8, 4) is 5.75 Å². The van der Waals surface area contributed by atoms with Crippen LogP contribution in [0.4, 0.5) is 0 Å². The Morgan fingerprint density at radius 1 is 1.37 bits per heavy atom. The lowest BCUT2D eigenvalue weighted by atomic mass is 10.2. The summed E-state index contributed by atoms with van der Waals surface area (Å²) in [7, 11) is 1.73. The molecule has 0 aliphatic heterocycles. The van der Waals surface area contributed by atoms with Crippen molar-refractivity contribution >= 4 is 15.9 Å². The van der Waals surface area contributed by atoms with Gasteiger partial charge in [-0.25, -0.2) is 0 Å². The fourth-order valence-electron chi connectivity index (χ4n) is 1.97. The zero-order valence-electron chi connectivity index (χ0n) is 12.4. The van der Waals surface area contributed by atoms with E-state index < -0.39 is 0 Å². The molecule has 0 spiro atoms. The molecule has 1 N–H and O–H groups in total. The van der Waals surface area contributed by atoms with E-state index in [1.54, 1.807) is 7.11 Å². The SMILES string of the molecule is CCN(CCNC(C)C)Cc1cc(Br)ccc1OC. The van der Waals surface area contributed by atoms with Crippen LogP contribution in [0.3, 0.4) is 0 Å². The number of benzene rings is 1. The van der Waals surface area contributed by atoms with Crippen LogP contribution in [0.15, 0.2) is 22.7 Å². The Kier molecular flexibility index (Phi) is 7.42. The first-order chi connectivity index (χ1) is 9.06. The highest BCUT2D eigenvalue weighted by Gasteiger charge is 2.09. The van der Waals surface area contributed by atoms with E-state index in [1.807, 2.05) is 12.1 Å². The van der Waals surface area contributed by atoms with Gasteiger partial charge in [-0.2, -0.15) is 0 Å². The normalized spacial score (nSPS) is 11.3. The Morgan fingerprint density at radius 3 is 2.68 bits per heavy atom. The van der Waals surface area contributed by atoms with Crippen molar-refractivity contribution in [3.63, 3.8) is 0 Å². The highest BCUT2D eigenvalue weighted by Crippen LogP contribution is 2.24. The van der Waals surface area contributed by atoms with Gasteiger partial charge < -0.3 is 10.1 Å². The summed E-state index contributed by atoms with van der Waals surface area (Å²) in [5, 5.41) is 3.45. The second kappa shape index (κ2) is 8.56.